The molecular weight excluding hydrogens is 291 g/mol. The van der Waals surface area contributed by atoms with Crippen LogP contribution in [-0.4, -0.2) is 14.4 Å². The van der Waals surface area contributed by atoms with E-state index in [1.54, 1.807) is 0 Å². The summed E-state index contributed by atoms with van der Waals surface area (Å²) in [6.45, 7) is 10.6. The molecule has 0 aliphatic heterocycles. The largest absolute Gasteiger partial charge is 0.404 e. The van der Waals surface area contributed by atoms with Crippen molar-refractivity contribution in [1.29, 1.82) is 0 Å². The summed E-state index contributed by atoms with van der Waals surface area (Å²) in [5.74, 6) is 0. The topological polar surface area (TPSA) is 9.23 Å². The minimum Gasteiger partial charge on any atom is -0.404 e. The average Bonchev–Trinajstić information content (AvgIpc) is 2.49. The molecule has 0 bridgehead atoms. The van der Waals surface area contributed by atoms with Gasteiger partial charge in [0.2, 0.25) is 9.04 Å². The Hall–Kier alpha value is -1.21. The Balaban J connectivity index is 2.53. The number of hydrogen-bond donors (Lipinski definition) is 0. The molecule has 0 saturated carbocycles. The summed E-state index contributed by atoms with van der Waals surface area (Å²) in [6, 6.07) is 21.3. The molecular formula is C18H22OPSi. The van der Waals surface area contributed by atoms with Crippen LogP contribution in [0.5, 0.6) is 0 Å². The predicted molar refractivity (Wildman–Crippen MR) is 96.2 cm³/mol. The SMILES string of the molecule is C=CC(C)(O[Si](C)C)P(c1ccccc1)c1ccccc1. The van der Waals surface area contributed by atoms with Crippen LogP contribution in [-0.2, 0) is 4.43 Å². The lowest BCUT2D eigenvalue weighted by Gasteiger charge is -2.37. The van der Waals surface area contributed by atoms with Crippen LogP contribution in [0.4, 0.5) is 0 Å². The molecule has 2 rings (SSSR count). The third-order valence-electron chi connectivity index (χ3n) is 3.26. The lowest BCUT2D eigenvalue weighted by molar-refractivity contribution is 0.237. The molecule has 0 spiro atoms. The van der Waals surface area contributed by atoms with Gasteiger partial charge < -0.3 is 4.43 Å². The van der Waals surface area contributed by atoms with Crippen molar-refractivity contribution in [1.82, 2.24) is 0 Å². The molecule has 0 fully saturated rings. The van der Waals surface area contributed by atoms with E-state index < -0.39 is 17.0 Å². The van der Waals surface area contributed by atoms with Gasteiger partial charge in [-0.2, -0.15) is 0 Å². The van der Waals surface area contributed by atoms with E-state index in [-0.39, 0.29) is 5.34 Å². The second-order valence-electron chi connectivity index (χ2n) is 5.28. The lowest BCUT2D eigenvalue weighted by atomic mass is 10.4. The Bertz CT molecular complexity index is 531. The van der Waals surface area contributed by atoms with Gasteiger partial charge >= 0.3 is 0 Å². The van der Waals surface area contributed by atoms with Gasteiger partial charge in [-0.15, -0.1) is 0 Å². The van der Waals surface area contributed by atoms with Crippen molar-refractivity contribution < 1.29 is 4.43 Å². The molecule has 0 amide bonds. The summed E-state index contributed by atoms with van der Waals surface area (Å²) in [4.78, 5) is 0. The first-order chi connectivity index (χ1) is 10.1. The zero-order valence-corrected chi connectivity index (χ0v) is 14.8. The van der Waals surface area contributed by atoms with Gasteiger partial charge in [0.25, 0.3) is 0 Å². The molecule has 0 aliphatic carbocycles. The summed E-state index contributed by atoms with van der Waals surface area (Å²) >= 11 is 0. The third-order valence-corrected chi connectivity index (χ3v) is 7.06. The monoisotopic (exact) mass is 313 g/mol. The molecule has 1 unspecified atom stereocenters. The molecule has 21 heavy (non-hydrogen) atoms. The summed E-state index contributed by atoms with van der Waals surface area (Å²) in [5, 5.41) is 2.31. The Labute approximate surface area is 131 Å². The first-order valence-corrected chi connectivity index (χ1v) is 10.8. The highest BCUT2D eigenvalue weighted by atomic mass is 31.1. The highest BCUT2D eigenvalue weighted by Crippen LogP contribution is 2.49. The van der Waals surface area contributed by atoms with Crippen molar-refractivity contribution in [3.05, 3.63) is 73.3 Å². The van der Waals surface area contributed by atoms with Crippen LogP contribution in [0.3, 0.4) is 0 Å². The molecule has 0 N–H and O–H groups in total. The van der Waals surface area contributed by atoms with Crippen LogP contribution in [0.15, 0.2) is 73.3 Å². The zero-order chi connectivity index (χ0) is 15.3. The predicted octanol–water partition coefficient (Wildman–Crippen LogP) is 4.29. The van der Waals surface area contributed by atoms with Crippen LogP contribution in [0.2, 0.25) is 13.1 Å². The van der Waals surface area contributed by atoms with E-state index in [0.29, 0.717) is 0 Å². The van der Waals surface area contributed by atoms with E-state index >= 15 is 0 Å². The second-order valence-corrected chi connectivity index (χ2v) is 9.89. The van der Waals surface area contributed by atoms with Crippen molar-refractivity contribution in [2.75, 3.05) is 0 Å². The summed E-state index contributed by atoms with van der Waals surface area (Å²) in [5.41, 5.74) is 0. The smallest absolute Gasteiger partial charge is 0.206 e. The number of benzene rings is 2. The van der Waals surface area contributed by atoms with Crippen LogP contribution in [0, 0.1) is 0 Å². The van der Waals surface area contributed by atoms with Crippen molar-refractivity contribution in [2.24, 2.45) is 0 Å². The minimum atomic E-state index is -0.817. The maximum absolute atomic E-state index is 6.37. The van der Waals surface area contributed by atoms with E-state index in [0.717, 1.165) is 0 Å². The molecule has 0 aliphatic rings. The minimum absolute atomic E-state index is 0.337. The van der Waals surface area contributed by atoms with Gasteiger partial charge in [0.05, 0.1) is 5.34 Å². The lowest BCUT2D eigenvalue weighted by Crippen LogP contribution is -2.36. The molecule has 0 saturated heterocycles. The summed E-state index contributed by atoms with van der Waals surface area (Å²) in [6.07, 6.45) is 1.98. The first-order valence-electron chi connectivity index (χ1n) is 7.10. The van der Waals surface area contributed by atoms with Crippen LogP contribution in [0.25, 0.3) is 0 Å². The number of rotatable bonds is 6. The number of hydrogen-bond acceptors (Lipinski definition) is 1. The maximum Gasteiger partial charge on any atom is 0.206 e. The van der Waals surface area contributed by atoms with Crippen molar-refractivity contribution in [2.45, 2.75) is 25.4 Å². The van der Waals surface area contributed by atoms with Crippen molar-refractivity contribution in [3.63, 3.8) is 0 Å². The van der Waals surface area contributed by atoms with Gasteiger partial charge in [0.1, 0.15) is 0 Å². The zero-order valence-electron chi connectivity index (χ0n) is 12.9. The molecule has 1 nitrogen and oxygen atoms in total. The van der Waals surface area contributed by atoms with Gasteiger partial charge in [-0.1, -0.05) is 73.3 Å². The van der Waals surface area contributed by atoms with Crippen molar-refractivity contribution >= 4 is 27.6 Å². The molecule has 2 aromatic rings. The molecule has 3 heteroatoms. The maximum atomic E-state index is 6.37. The van der Waals surface area contributed by atoms with Crippen LogP contribution in [0.1, 0.15) is 6.92 Å². The molecule has 2 aromatic carbocycles. The highest BCUT2D eigenvalue weighted by molar-refractivity contribution is 7.74. The Kier molecular flexibility index (Phi) is 5.52. The Morgan fingerprint density at radius 1 is 0.952 bits per heavy atom. The average molecular weight is 313 g/mol. The van der Waals surface area contributed by atoms with Crippen LogP contribution >= 0.6 is 7.92 Å². The fraction of sp³-hybridized carbons (Fsp3) is 0.222. The fourth-order valence-corrected chi connectivity index (χ4v) is 6.68. The van der Waals surface area contributed by atoms with E-state index in [1.807, 2.05) is 6.08 Å². The highest BCUT2D eigenvalue weighted by Gasteiger charge is 2.35. The quantitative estimate of drug-likeness (QED) is 0.439. The van der Waals surface area contributed by atoms with E-state index in [1.165, 1.54) is 10.6 Å². The van der Waals surface area contributed by atoms with Crippen molar-refractivity contribution in [3.8, 4) is 0 Å². The Morgan fingerprint density at radius 2 is 1.38 bits per heavy atom. The Morgan fingerprint density at radius 3 is 1.71 bits per heavy atom. The van der Waals surface area contributed by atoms with Gasteiger partial charge in [-0.3, -0.25) is 0 Å². The first kappa shape index (κ1) is 16.2. The van der Waals surface area contributed by atoms with E-state index in [2.05, 4.69) is 87.3 Å². The molecule has 1 radical (unpaired) electrons. The molecule has 0 heterocycles. The normalized spacial score (nSPS) is 14.1. The summed E-state index contributed by atoms with van der Waals surface area (Å²) < 4.78 is 6.37. The molecule has 0 aromatic heterocycles. The van der Waals surface area contributed by atoms with Gasteiger partial charge in [0, 0.05) is 0 Å². The van der Waals surface area contributed by atoms with Gasteiger partial charge in [-0.25, -0.2) is 0 Å². The summed E-state index contributed by atoms with van der Waals surface area (Å²) in [7, 11) is -1.46. The van der Waals surface area contributed by atoms with Crippen LogP contribution < -0.4 is 10.6 Å². The van der Waals surface area contributed by atoms with Gasteiger partial charge in [-0.05, 0) is 38.5 Å². The third kappa shape index (κ3) is 3.91. The van der Waals surface area contributed by atoms with E-state index in [9.17, 15) is 0 Å². The molecule has 1 atom stereocenters. The standard InChI is InChI=1S/C18H22OPSi/c1-5-18(2,19-21(3)4)20(16-12-8-6-9-13-16)17-14-10-7-11-15-17/h5-15H,1H2,2-4H3. The fourth-order valence-electron chi connectivity index (χ4n) is 2.41. The van der Waals surface area contributed by atoms with E-state index in [4.69, 9.17) is 4.43 Å². The van der Waals surface area contributed by atoms with Gasteiger partial charge in [0.15, 0.2) is 0 Å². The molecule has 109 valence electrons. The second kappa shape index (κ2) is 7.17.